The maximum atomic E-state index is 9.60. The number of hydrogen-bond donors (Lipinski definition) is 1. The van der Waals surface area contributed by atoms with Gasteiger partial charge in [0.15, 0.2) is 5.79 Å². The minimum Gasteiger partial charge on any atom is -0.478 e. The van der Waals surface area contributed by atoms with E-state index in [1.807, 2.05) is 6.92 Å². The van der Waals surface area contributed by atoms with Crippen LogP contribution in [-0.2, 0) is 14.3 Å². The van der Waals surface area contributed by atoms with Crippen LogP contribution in [0.25, 0.3) is 0 Å². The molecule has 0 aliphatic carbocycles. The van der Waals surface area contributed by atoms with E-state index in [4.69, 9.17) is 14.6 Å². The summed E-state index contributed by atoms with van der Waals surface area (Å²) in [7, 11) is 0. The summed E-state index contributed by atoms with van der Waals surface area (Å²) in [5.41, 5.74) is 0.176. The fourth-order valence-electron chi connectivity index (χ4n) is 1.42. The molecule has 0 saturated carbocycles. The molecule has 4 heteroatoms. The highest BCUT2D eigenvalue weighted by Crippen LogP contribution is 2.25. The minimum absolute atomic E-state index is 0.176. The van der Waals surface area contributed by atoms with Crippen LogP contribution >= 0.6 is 0 Å². The van der Waals surface area contributed by atoms with Gasteiger partial charge in [-0.25, -0.2) is 4.79 Å². The Kier molecular flexibility index (Phi) is 6.29. The van der Waals surface area contributed by atoms with Crippen molar-refractivity contribution in [2.24, 2.45) is 5.92 Å². The first kappa shape index (κ1) is 15.1. The van der Waals surface area contributed by atoms with E-state index in [-0.39, 0.29) is 11.4 Å². The van der Waals surface area contributed by atoms with Gasteiger partial charge in [-0.2, -0.15) is 0 Å². The topological polar surface area (TPSA) is 55.8 Å². The van der Waals surface area contributed by atoms with Crippen LogP contribution in [0.2, 0.25) is 0 Å². The predicted octanol–water partition coefficient (Wildman–Crippen LogP) is 2.44. The van der Waals surface area contributed by atoms with E-state index in [0.717, 1.165) is 19.6 Å². The first-order valence-corrected chi connectivity index (χ1v) is 5.43. The molecule has 0 aromatic rings. The Morgan fingerprint density at radius 1 is 1.44 bits per heavy atom. The van der Waals surface area contributed by atoms with Gasteiger partial charge in [-0.3, -0.25) is 0 Å². The minimum atomic E-state index is -0.935. The van der Waals surface area contributed by atoms with Gasteiger partial charge in [-0.05, 0) is 19.8 Å². The Bertz CT molecular complexity index is 227. The van der Waals surface area contributed by atoms with Gasteiger partial charge in [0, 0.05) is 12.0 Å². The lowest BCUT2D eigenvalue weighted by atomic mass is 10.0. The fraction of sp³-hybridized carbons (Fsp3) is 0.750. The zero-order valence-corrected chi connectivity index (χ0v) is 10.6. The quantitative estimate of drug-likeness (QED) is 0.757. The molecule has 1 aliphatic rings. The second-order valence-electron chi connectivity index (χ2n) is 4.51. The first-order chi connectivity index (χ1) is 7.27. The van der Waals surface area contributed by atoms with Crippen molar-refractivity contribution in [1.29, 1.82) is 0 Å². The molecule has 0 unspecified atom stereocenters. The molecule has 0 spiro atoms. The molecule has 1 N–H and O–H groups in total. The third kappa shape index (κ3) is 6.58. The molecule has 16 heavy (non-hydrogen) atoms. The van der Waals surface area contributed by atoms with E-state index in [1.165, 1.54) is 6.92 Å². The summed E-state index contributed by atoms with van der Waals surface area (Å²) in [5, 5.41) is 7.89. The van der Waals surface area contributed by atoms with Crippen molar-refractivity contribution in [2.75, 3.05) is 13.2 Å². The van der Waals surface area contributed by atoms with E-state index in [0.29, 0.717) is 5.92 Å². The summed E-state index contributed by atoms with van der Waals surface area (Å²) in [6, 6.07) is 0. The van der Waals surface area contributed by atoms with Crippen LogP contribution < -0.4 is 0 Å². The van der Waals surface area contributed by atoms with Crippen molar-refractivity contribution in [3.05, 3.63) is 12.2 Å². The van der Waals surface area contributed by atoms with Gasteiger partial charge in [-0.1, -0.05) is 20.4 Å². The summed E-state index contributed by atoms with van der Waals surface area (Å²) in [5.74, 6) is -0.577. The molecule has 1 heterocycles. The number of rotatable bonds is 3. The van der Waals surface area contributed by atoms with Crippen LogP contribution in [0.4, 0.5) is 0 Å². The zero-order valence-electron chi connectivity index (χ0n) is 10.6. The third-order valence-corrected chi connectivity index (χ3v) is 2.04. The van der Waals surface area contributed by atoms with Crippen molar-refractivity contribution < 1.29 is 19.4 Å². The molecule has 0 atom stereocenters. The molecule has 4 nitrogen and oxygen atoms in total. The van der Waals surface area contributed by atoms with E-state index < -0.39 is 5.97 Å². The van der Waals surface area contributed by atoms with Crippen molar-refractivity contribution in [3.63, 3.8) is 0 Å². The summed E-state index contributed by atoms with van der Waals surface area (Å²) < 4.78 is 10.9. The summed E-state index contributed by atoms with van der Waals surface area (Å²) in [6.45, 7) is 12.5. The van der Waals surface area contributed by atoms with E-state index in [9.17, 15) is 4.79 Å². The molecule has 94 valence electrons. The van der Waals surface area contributed by atoms with E-state index in [1.54, 1.807) is 0 Å². The molecule has 0 radical (unpaired) electrons. The van der Waals surface area contributed by atoms with Gasteiger partial charge >= 0.3 is 5.97 Å². The lowest BCUT2D eigenvalue weighted by Crippen LogP contribution is -2.27. The molecule has 1 rings (SSSR count). The molecule has 1 aliphatic heterocycles. The summed E-state index contributed by atoms with van der Waals surface area (Å²) in [4.78, 5) is 9.60. The maximum absolute atomic E-state index is 9.60. The Hall–Kier alpha value is -0.870. The zero-order chi connectivity index (χ0) is 12.8. The fourth-order valence-corrected chi connectivity index (χ4v) is 1.42. The highest BCUT2D eigenvalue weighted by atomic mass is 16.7. The maximum Gasteiger partial charge on any atom is 0.330 e. The van der Waals surface area contributed by atoms with Crippen LogP contribution in [0, 0.1) is 5.92 Å². The van der Waals surface area contributed by atoms with Gasteiger partial charge < -0.3 is 14.6 Å². The lowest BCUT2D eigenvalue weighted by molar-refractivity contribution is -0.152. The van der Waals surface area contributed by atoms with Crippen LogP contribution in [0.15, 0.2) is 12.2 Å². The monoisotopic (exact) mass is 230 g/mol. The number of carbonyl (C=O) groups is 1. The Morgan fingerprint density at radius 2 is 1.81 bits per heavy atom. The van der Waals surface area contributed by atoms with Crippen molar-refractivity contribution in [3.8, 4) is 0 Å². The van der Waals surface area contributed by atoms with Crippen molar-refractivity contribution in [1.82, 2.24) is 0 Å². The highest BCUT2D eigenvalue weighted by molar-refractivity contribution is 5.84. The van der Waals surface area contributed by atoms with Crippen molar-refractivity contribution >= 4 is 5.97 Å². The Morgan fingerprint density at radius 3 is 2.06 bits per heavy atom. The number of carboxylic acid groups (broad SMARTS) is 1. The standard InChI is InChI=1S/C8H16O2.C4H6O2/c1-7(2)6-8(3)9-4-5-10-8;1-3(2)4(5)6/h7H,4-6H2,1-3H3;1H2,2H3,(H,5,6). The first-order valence-electron chi connectivity index (χ1n) is 5.43. The van der Waals surface area contributed by atoms with Gasteiger partial charge in [0.25, 0.3) is 0 Å². The highest BCUT2D eigenvalue weighted by Gasteiger charge is 2.31. The molecule has 0 amide bonds. The molecule has 0 aromatic heterocycles. The molecular formula is C12H22O4. The van der Waals surface area contributed by atoms with E-state index >= 15 is 0 Å². The normalized spacial score (nSPS) is 17.8. The number of hydrogen-bond acceptors (Lipinski definition) is 3. The molecule has 1 fully saturated rings. The largest absolute Gasteiger partial charge is 0.478 e. The second kappa shape index (κ2) is 6.66. The van der Waals surface area contributed by atoms with Gasteiger partial charge in [0.05, 0.1) is 13.2 Å². The molecule has 0 aromatic carbocycles. The van der Waals surface area contributed by atoms with Crippen LogP contribution in [0.5, 0.6) is 0 Å². The average molecular weight is 230 g/mol. The molecular weight excluding hydrogens is 208 g/mol. The predicted molar refractivity (Wildman–Crippen MR) is 62.2 cm³/mol. The number of ether oxygens (including phenoxy) is 2. The summed E-state index contributed by atoms with van der Waals surface area (Å²) in [6.07, 6.45) is 0.993. The van der Waals surface area contributed by atoms with Gasteiger partial charge in [0.1, 0.15) is 0 Å². The smallest absolute Gasteiger partial charge is 0.330 e. The Balaban J connectivity index is 0.000000325. The SMILES string of the molecule is C=C(C)C(=O)O.CC(C)CC1(C)OCCO1. The average Bonchev–Trinajstić information content (AvgIpc) is 2.51. The number of carboxylic acids is 1. The van der Waals surface area contributed by atoms with Crippen LogP contribution in [0.3, 0.4) is 0 Å². The Labute approximate surface area is 97.2 Å². The van der Waals surface area contributed by atoms with Crippen molar-refractivity contribution in [2.45, 2.75) is 39.9 Å². The third-order valence-electron chi connectivity index (χ3n) is 2.04. The van der Waals surface area contributed by atoms with Crippen LogP contribution in [-0.4, -0.2) is 30.1 Å². The summed E-state index contributed by atoms with van der Waals surface area (Å²) >= 11 is 0. The molecule has 0 bridgehead atoms. The molecule has 1 saturated heterocycles. The van der Waals surface area contributed by atoms with Crippen LogP contribution in [0.1, 0.15) is 34.1 Å². The van der Waals surface area contributed by atoms with Gasteiger partial charge in [-0.15, -0.1) is 0 Å². The number of aliphatic carboxylic acids is 1. The van der Waals surface area contributed by atoms with Gasteiger partial charge in [0.2, 0.25) is 0 Å². The lowest BCUT2D eigenvalue weighted by Gasteiger charge is -2.23. The second-order valence-corrected chi connectivity index (χ2v) is 4.51. The van der Waals surface area contributed by atoms with E-state index in [2.05, 4.69) is 20.4 Å².